The number of nitrogens with zero attached hydrogens (tertiary/aromatic N) is 2. The van der Waals surface area contributed by atoms with Gasteiger partial charge in [-0.25, -0.2) is 0 Å². The fourth-order valence-electron chi connectivity index (χ4n) is 1.19. The van der Waals surface area contributed by atoms with Gasteiger partial charge in [-0.3, -0.25) is 4.79 Å². The van der Waals surface area contributed by atoms with Crippen LogP contribution in [0, 0.1) is 11.3 Å². The van der Waals surface area contributed by atoms with Crippen LogP contribution in [0.2, 0.25) is 0 Å². The third-order valence-corrected chi connectivity index (χ3v) is 2.88. The number of aromatic nitrogens is 1. The maximum absolute atomic E-state index is 11.5. The Balaban J connectivity index is 2.94. The van der Waals surface area contributed by atoms with Crippen molar-refractivity contribution in [2.24, 2.45) is 7.05 Å². The molecule has 0 aliphatic carbocycles. The number of aryl methyl sites for hydroxylation is 1. The smallest absolute Gasteiger partial charge is 0.259 e. The summed E-state index contributed by atoms with van der Waals surface area (Å²) in [5.41, 5.74) is -0.0461. The Morgan fingerprint density at radius 3 is 3.08 bits per heavy atom. The summed E-state index contributed by atoms with van der Waals surface area (Å²) in [6, 6.07) is 5.52. The largest absolute Gasteiger partial charge is 0.318 e. The molecule has 0 N–H and O–H groups in total. The lowest BCUT2D eigenvalue weighted by atomic mass is 10.3. The summed E-state index contributed by atoms with van der Waals surface area (Å²) in [6.45, 7) is 0. The van der Waals surface area contributed by atoms with Gasteiger partial charge in [0.15, 0.2) is 0 Å². The molecule has 0 amide bonds. The molecule has 64 valence electrons. The number of fused-ring (bicyclic) bond motifs is 1. The number of thiophene rings is 1. The van der Waals surface area contributed by atoms with E-state index in [-0.39, 0.29) is 5.56 Å². The van der Waals surface area contributed by atoms with E-state index in [4.69, 9.17) is 5.26 Å². The van der Waals surface area contributed by atoms with E-state index < -0.39 is 0 Å². The molecular weight excluding hydrogens is 184 g/mol. The van der Waals surface area contributed by atoms with E-state index in [0.29, 0.717) is 10.3 Å². The molecule has 4 heteroatoms. The van der Waals surface area contributed by atoms with E-state index in [9.17, 15) is 4.79 Å². The second kappa shape index (κ2) is 2.71. The van der Waals surface area contributed by atoms with Gasteiger partial charge in [0, 0.05) is 17.9 Å². The van der Waals surface area contributed by atoms with Gasteiger partial charge in [0.1, 0.15) is 10.9 Å². The van der Waals surface area contributed by atoms with Gasteiger partial charge in [-0.2, -0.15) is 5.26 Å². The van der Waals surface area contributed by atoms with E-state index in [1.165, 1.54) is 15.9 Å². The lowest BCUT2D eigenvalue weighted by Gasteiger charge is -1.93. The maximum atomic E-state index is 11.5. The zero-order valence-electron chi connectivity index (χ0n) is 6.94. The van der Waals surface area contributed by atoms with Crippen LogP contribution in [-0.2, 0) is 7.05 Å². The van der Waals surface area contributed by atoms with Gasteiger partial charge in [0.2, 0.25) is 0 Å². The van der Waals surface area contributed by atoms with Crippen LogP contribution < -0.4 is 5.56 Å². The summed E-state index contributed by atoms with van der Waals surface area (Å²) >= 11 is 1.35. The number of pyridine rings is 1. The van der Waals surface area contributed by atoms with Crippen LogP contribution in [0.4, 0.5) is 0 Å². The molecule has 13 heavy (non-hydrogen) atoms. The Bertz CT molecular complexity index is 559. The molecule has 0 atom stereocenters. The fraction of sp³-hybridized carbons (Fsp3) is 0.111. The quantitative estimate of drug-likeness (QED) is 0.631. The summed E-state index contributed by atoms with van der Waals surface area (Å²) in [5, 5.41) is 9.28. The molecule has 2 aromatic heterocycles. The van der Waals surface area contributed by atoms with Crippen LogP contribution >= 0.6 is 11.3 Å². The first-order valence-electron chi connectivity index (χ1n) is 3.71. The summed E-state index contributed by atoms with van der Waals surface area (Å²) in [7, 11) is 1.70. The molecular formula is C9H6N2OS. The number of nitriles is 1. The minimum absolute atomic E-state index is 0.0461. The Kier molecular flexibility index (Phi) is 1.67. The number of rotatable bonds is 0. The standard InChI is InChI=1S/C9H6N2OS/c1-11-3-2-8-7(9(11)12)4-6(5-10)13-8/h2-4H,1H3. The van der Waals surface area contributed by atoms with Gasteiger partial charge >= 0.3 is 0 Å². The van der Waals surface area contributed by atoms with Crippen LogP contribution in [0.25, 0.3) is 10.1 Å². The molecule has 0 bridgehead atoms. The molecule has 0 radical (unpaired) electrons. The Hall–Kier alpha value is -1.60. The highest BCUT2D eigenvalue weighted by atomic mass is 32.1. The number of hydrogen-bond acceptors (Lipinski definition) is 3. The van der Waals surface area contributed by atoms with Crippen LogP contribution in [0.1, 0.15) is 4.88 Å². The molecule has 2 heterocycles. The molecule has 2 aromatic rings. The van der Waals surface area contributed by atoms with Crippen molar-refractivity contribution in [3.05, 3.63) is 33.6 Å². The van der Waals surface area contributed by atoms with Crippen LogP contribution in [-0.4, -0.2) is 4.57 Å². The maximum Gasteiger partial charge on any atom is 0.259 e. The average molecular weight is 190 g/mol. The second-order valence-corrected chi connectivity index (χ2v) is 3.82. The van der Waals surface area contributed by atoms with E-state index >= 15 is 0 Å². The van der Waals surface area contributed by atoms with E-state index in [0.717, 1.165) is 4.70 Å². The first-order chi connectivity index (χ1) is 6.22. The van der Waals surface area contributed by atoms with Gasteiger partial charge in [0.05, 0.1) is 5.39 Å². The van der Waals surface area contributed by atoms with Crippen molar-refractivity contribution in [3.63, 3.8) is 0 Å². The second-order valence-electron chi connectivity index (χ2n) is 2.73. The predicted octanol–water partition coefficient (Wildman–Crippen LogP) is 1.47. The van der Waals surface area contributed by atoms with Gasteiger partial charge < -0.3 is 4.57 Å². The highest BCUT2D eigenvalue weighted by Crippen LogP contribution is 2.21. The minimum Gasteiger partial charge on any atom is -0.318 e. The zero-order chi connectivity index (χ0) is 9.42. The molecule has 0 unspecified atom stereocenters. The lowest BCUT2D eigenvalue weighted by molar-refractivity contribution is 0.874. The van der Waals surface area contributed by atoms with Crippen molar-refractivity contribution in [1.29, 1.82) is 5.26 Å². The normalized spacial score (nSPS) is 10.2. The zero-order valence-corrected chi connectivity index (χ0v) is 7.76. The Morgan fingerprint density at radius 1 is 1.62 bits per heavy atom. The summed E-state index contributed by atoms with van der Waals surface area (Å²) in [5.74, 6) is 0. The molecule has 0 aliphatic rings. The average Bonchev–Trinajstić information content (AvgIpc) is 2.55. The Labute approximate surface area is 78.5 Å². The highest BCUT2D eigenvalue weighted by Gasteiger charge is 2.04. The van der Waals surface area contributed by atoms with Crippen molar-refractivity contribution >= 4 is 21.4 Å². The molecule has 0 aliphatic heterocycles. The van der Waals surface area contributed by atoms with Crippen molar-refractivity contribution in [2.45, 2.75) is 0 Å². The third-order valence-electron chi connectivity index (χ3n) is 1.87. The van der Waals surface area contributed by atoms with Gasteiger partial charge in [0.25, 0.3) is 5.56 Å². The van der Waals surface area contributed by atoms with Crippen molar-refractivity contribution in [1.82, 2.24) is 4.57 Å². The van der Waals surface area contributed by atoms with Crippen LogP contribution in [0.3, 0.4) is 0 Å². The van der Waals surface area contributed by atoms with Crippen LogP contribution in [0.15, 0.2) is 23.1 Å². The topological polar surface area (TPSA) is 45.8 Å². The van der Waals surface area contributed by atoms with E-state index in [1.54, 1.807) is 19.3 Å². The van der Waals surface area contributed by atoms with Crippen molar-refractivity contribution in [2.75, 3.05) is 0 Å². The van der Waals surface area contributed by atoms with Gasteiger partial charge in [-0.05, 0) is 12.1 Å². The summed E-state index contributed by atoms with van der Waals surface area (Å²) in [4.78, 5) is 12.1. The SMILES string of the molecule is Cn1ccc2sc(C#N)cc2c1=O. The monoisotopic (exact) mass is 190 g/mol. The summed E-state index contributed by atoms with van der Waals surface area (Å²) < 4.78 is 2.38. The van der Waals surface area contributed by atoms with Crippen molar-refractivity contribution < 1.29 is 0 Å². The fourth-order valence-corrected chi connectivity index (χ4v) is 2.03. The lowest BCUT2D eigenvalue weighted by Crippen LogP contribution is -2.14. The molecule has 3 nitrogen and oxygen atoms in total. The molecule has 0 saturated heterocycles. The van der Waals surface area contributed by atoms with E-state index in [2.05, 4.69) is 0 Å². The minimum atomic E-state index is -0.0461. The molecule has 2 rings (SSSR count). The molecule has 0 saturated carbocycles. The van der Waals surface area contributed by atoms with Gasteiger partial charge in [-0.15, -0.1) is 11.3 Å². The predicted molar refractivity (Wildman–Crippen MR) is 51.8 cm³/mol. The molecule has 0 aromatic carbocycles. The van der Waals surface area contributed by atoms with Crippen LogP contribution in [0.5, 0.6) is 0 Å². The van der Waals surface area contributed by atoms with Gasteiger partial charge in [-0.1, -0.05) is 0 Å². The third kappa shape index (κ3) is 1.14. The first kappa shape index (κ1) is 8.02. The number of hydrogen-bond donors (Lipinski definition) is 0. The summed E-state index contributed by atoms with van der Waals surface area (Å²) in [6.07, 6.45) is 1.71. The highest BCUT2D eigenvalue weighted by molar-refractivity contribution is 7.19. The Morgan fingerprint density at radius 2 is 2.38 bits per heavy atom. The van der Waals surface area contributed by atoms with E-state index in [1.807, 2.05) is 12.1 Å². The first-order valence-corrected chi connectivity index (χ1v) is 4.53. The molecule has 0 fully saturated rings. The molecule has 0 spiro atoms. The van der Waals surface area contributed by atoms with Crippen molar-refractivity contribution in [3.8, 4) is 6.07 Å².